The molecule has 174 valence electrons. The maximum Gasteiger partial charge on any atom is 0.256 e. The van der Waals surface area contributed by atoms with Crippen molar-refractivity contribution < 1.29 is 19.1 Å². The van der Waals surface area contributed by atoms with E-state index in [9.17, 15) is 9.59 Å². The first-order chi connectivity index (χ1) is 16.0. The lowest BCUT2D eigenvalue weighted by atomic mass is 10.0. The van der Waals surface area contributed by atoms with E-state index in [-0.39, 0.29) is 17.9 Å². The van der Waals surface area contributed by atoms with E-state index in [1.165, 1.54) is 0 Å². The normalized spacial score (nSPS) is 20.5. The fourth-order valence-electron chi connectivity index (χ4n) is 4.94. The molecule has 8 heteroatoms. The number of ether oxygens (including phenoxy) is 2. The number of hydrogen-bond donors (Lipinski definition) is 0. The third-order valence-corrected chi connectivity index (χ3v) is 6.90. The van der Waals surface area contributed by atoms with E-state index in [1.807, 2.05) is 40.3 Å². The summed E-state index contributed by atoms with van der Waals surface area (Å²) in [4.78, 5) is 35.4. The summed E-state index contributed by atoms with van der Waals surface area (Å²) in [5.41, 5.74) is 1.35. The summed E-state index contributed by atoms with van der Waals surface area (Å²) in [7, 11) is 1.63. The molecule has 2 fully saturated rings. The van der Waals surface area contributed by atoms with Crippen LogP contribution in [0.3, 0.4) is 0 Å². The van der Waals surface area contributed by atoms with E-state index in [4.69, 9.17) is 9.47 Å². The molecule has 0 bridgehead atoms. The summed E-state index contributed by atoms with van der Waals surface area (Å²) in [6.45, 7) is 6.95. The second kappa shape index (κ2) is 9.02. The molecule has 5 rings (SSSR count). The Morgan fingerprint density at radius 3 is 2.58 bits per heavy atom. The fraction of sp³-hybridized carbons (Fsp3) is 0.480. The number of benzene rings is 2. The van der Waals surface area contributed by atoms with Gasteiger partial charge in [0.25, 0.3) is 5.91 Å². The van der Waals surface area contributed by atoms with Crippen LogP contribution in [0.1, 0.15) is 30.1 Å². The smallest absolute Gasteiger partial charge is 0.256 e. The highest BCUT2D eigenvalue weighted by atomic mass is 16.5. The van der Waals surface area contributed by atoms with Gasteiger partial charge in [0.05, 0.1) is 24.4 Å². The van der Waals surface area contributed by atoms with Crippen LogP contribution >= 0.6 is 0 Å². The maximum absolute atomic E-state index is 13.1. The highest BCUT2D eigenvalue weighted by Crippen LogP contribution is 2.37. The third kappa shape index (κ3) is 4.27. The summed E-state index contributed by atoms with van der Waals surface area (Å²) in [5, 5.41) is 1.89. The minimum Gasteiger partial charge on any atom is -0.493 e. The van der Waals surface area contributed by atoms with Gasteiger partial charge in [-0.2, -0.15) is 0 Å². The molecule has 0 N–H and O–H groups in total. The lowest BCUT2D eigenvalue weighted by Gasteiger charge is -2.34. The minimum absolute atomic E-state index is 0.0519. The van der Waals surface area contributed by atoms with Crippen molar-refractivity contribution in [3.05, 3.63) is 29.8 Å². The number of carbonyl (C=O) groups is 2. The Bertz CT molecular complexity index is 1110. The number of nitrogens with zero attached hydrogens (tertiary/aromatic N) is 4. The van der Waals surface area contributed by atoms with Crippen LogP contribution in [0.4, 0.5) is 5.69 Å². The van der Waals surface area contributed by atoms with E-state index in [0.717, 1.165) is 62.9 Å². The number of amides is 2. The average Bonchev–Trinajstić information content (AvgIpc) is 3.25. The summed E-state index contributed by atoms with van der Waals surface area (Å²) < 4.78 is 11.7. The largest absolute Gasteiger partial charge is 0.493 e. The molecule has 8 nitrogen and oxygen atoms in total. The first-order valence-corrected chi connectivity index (χ1v) is 11.6. The third-order valence-electron chi connectivity index (χ3n) is 6.90. The second-order valence-corrected chi connectivity index (χ2v) is 8.90. The molecule has 1 atom stereocenters. The van der Waals surface area contributed by atoms with E-state index >= 15 is 0 Å². The number of aliphatic imine (C=N–C) groups is 1. The van der Waals surface area contributed by atoms with Crippen molar-refractivity contribution in [1.29, 1.82) is 0 Å². The van der Waals surface area contributed by atoms with Crippen molar-refractivity contribution in [2.24, 2.45) is 4.99 Å². The molecule has 3 heterocycles. The molecule has 0 saturated carbocycles. The highest BCUT2D eigenvalue weighted by Gasteiger charge is 2.31. The van der Waals surface area contributed by atoms with Gasteiger partial charge in [-0.05, 0) is 47.9 Å². The van der Waals surface area contributed by atoms with Gasteiger partial charge in [0.15, 0.2) is 11.5 Å². The van der Waals surface area contributed by atoms with Crippen LogP contribution in [0, 0.1) is 0 Å². The molecule has 2 aromatic carbocycles. The predicted octanol–water partition coefficient (Wildman–Crippen LogP) is 2.71. The number of methoxy groups -OCH3 is 1. The molecule has 0 aliphatic carbocycles. The molecular formula is C25H30N4O4. The zero-order chi connectivity index (χ0) is 22.9. The van der Waals surface area contributed by atoms with Crippen molar-refractivity contribution in [3.8, 4) is 11.5 Å². The number of carbonyl (C=O) groups excluding carboxylic acids is 2. The molecular weight excluding hydrogens is 420 g/mol. The first-order valence-electron chi connectivity index (χ1n) is 11.6. The molecule has 2 aromatic rings. The topological polar surface area (TPSA) is 74.7 Å². The Morgan fingerprint density at radius 1 is 1.06 bits per heavy atom. The molecule has 2 amide bonds. The molecule has 0 spiro atoms. The van der Waals surface area contributed by atoms with Gasteiger partial charge < -0.3 is 19.3 Å². The summed E-state index contributed by atoms with van der Waals surface area (Å²) in [6, 6.07) is 7.88. The van der Waals surface area contributed by atoms with Crippen LogP contribution in [-0.4, -0.2) is 91.8 Å². The van der Waals surface area contributed by atoms with Gasteiger partial charge in [0, 0.05) is 52.4 Å². The monoisotopic (exact) mass is 450 g/mol. The van der Waals surface area contributed by atoms with Crippen LogP contribution in [-0.2, 0) is 4.79 Å². The maximum atomic E-state index is 13.1. The van der Waals surface area contributed by atoms with Gasteiger partial charge in [0.1, 0.15) is 6.61 Å². The lowest BCUT2D eigenvalue weighted by Crippen LogP contribution is -2.48. The Hall–Kier alpha value is -3.13. The summed E-state index contributed by atoms with van der Waals surface area (Å²) in [5.74, 6) is 1.51. The SMILES string of the molecule is COc1cc2cc3c(cc2cc1OCCN1CCN(C(C)=O)CC1)N=C[C@@H]1CCCN1C3=O. The van der Waals surface area contributed by atoms with Crippen LogP contribution in [0.5, 0.6) is 11.5 Å². The molecule has 3 aliphatic rings. The molecule has 2 saturated heterocycles. The quantitative estimate of drug-likeness (QED) is 0.700. The summed E-state index contributed by atoms with van der Waals surface area (Å²) >= 11 is 0. The average molecular weight is 451 g/mol. The van der Waals surface area contributed by atoms with Crippen molar-refractivity contribution in [1.82, 2.24) is 14.7 Å². The Morgan fingerprint density at radius 2 is 1.82 bits per heavy atom. The minimum atomic E-state index is 0.0519. The van der Waals surface area contributed by atoms with Crippen molar-refractivity contribution in [2.75, 3.05) is 53.0 Å². The van der Waals surface area contributed by atoms with E-state index in [0.29, 0.717) is 29.4 Å². The van der Waals surface area contributed by atoms with E-state index < -0.39 is 0 Å². The van der Waals surface area contributed by atoms with Crippen molar-refractivity contribution in [3.63, 3.8) is 0 Å². The molecule has 33 heavy (non-hydrogen) atoms. The highest BCUT2D eigenvalue weighted by molar-refractivity contribution is 6.07. The predicted molar refractivity (Wildman–Crippen MR) is 127 cm³/mol. The number of rotatable bonds is 5. The zero-order valence-corrected chi connectivity index (χ0v) is 19.2. The van der Waals surface area contributed by atoms with Gasteiger partial charge >= 0.3 is 0 Å². The number of hydrogen-bond acceptors (Lipinski definition) is 6. The lowest BCUT2D eigenvalue weighted by molar-refractivity contribution is -0.130. The number of fused-ring (bicyclic) bond motifs is 3. The van der Waals surface area contributed by atoms with Gasteiger partial charge in [0.2, 0.25) is 5.91 Å². The van der Waals surface area contributed by atoms with Crippen molar-refractivity contribution >= 4 is 34.5 Å². The van der Waals surface area contributed by atoms with E-state index in [1.54, 1.807) is 14.0 Å². The van der Waals surface area contributed by atoms with Crippen molar-refractivity contribution in [2.45, 2.75) is 25.8 Å². The zero-order valence-electron chi connectivity index (χ0n) is 19.2. The van der Waals surface area contributed by atoms with Crippen LogP contribution < -0.4 is 9.47 Å². The molecule has 0 radical (unpaired) electrons. The van der Waals surface area contributed by atoms with Gasteiger partial charge in [-0.3, -0.25) is 19.5 Å². The van der Waals surface area contributed by atoms with Gasteiger partial charge in [-0.15, -0.1) is 0 Å². The van der Waals surface area contributed by atoms with Crippen LogP contribution in [0.2, 0.25) is 0 Å². The van der Waals surface area contributed by atoms with Gasteiger partial charge in [-0.1, -0.05) is 0 Å². The first kappa shape index (κ1) is 21.7. The molecule has 0 aromatic heterocycles. The van der Waals surface area contributed by atoms with Gasteiger partial charge in [-0.25, -0.2) is 0 Å². The fourth-order valence-corrected chi connectivity index (χ4v) is 4.94. The molecule has 3 aliphatic heterocycles. The Kier molecular flexibility index (Phi) is 5.93. The Labute approximate surface area is 193 Å². The number of piperazine rings is 1. The molecule has 0 unspecified atom stereocenters. The van der Waals surface area contributed by atoms with E-state index in [2.05, 4.69) is 9.89 Å². The second-order valence-electron chi connectivity index (χ2n) is 8.90. The summed E-state index contributed by atoms with van der Waals surface area (Å²) in [6.07, 6.45) is 3.90. The van der Waals surface area contributed by atoms with Crippen LogP contribution in [0.15, 0.2) is 29.3 Å². The standard InChI is InChI=1S/C25H30N4O4/c1-17(30)28-8-6-27(7-9-28)10-11-33-24-15-19-13-22-21(12-18(19)14-23(24)32-2)25(31)29-5-3-4-20(29)16-26-22/h12-16,20H,3-11H2,1-2H3/t20-/m0/s1. The Balaban J connectivity index is 1.33. The van der Waals surface area contributed by atoms with Crippen LogP contribution in [0.25, 0.3) is 10.8 Å².